The SMILES string of the molecule is CC(/C=C\C=C(/N)n1c2ccccc2c2ccccc21)Nc1c(-c2ccccc2)ccc2c3ccccc3n(C3=CC=CC(n4c5ccccc5c5ccccc54)N3C)c12. The molecular weight excluding hydrogens is 733 g/mol. The predicted octanol–water partition coefficient (Wildman–Crippen LogP) is 13.0. The van der Waals surface area contributed by atoms with E-state index in [1.807, 2.05) is 6.08 Å². The molecule has 6 nitrogen and oxygen atoms in total. The summed E-state index contributed by atoms with van der Waals surface area (Å²) in [5.74, 6) is 1.76. The smallest absolute Gasteiger partial charge is 0.127 e. The van der Waals surface area contributed by atoms with E-state index in [0.29, 0.717) is 5.82 Å². The number of rotatable bonds is 8. The summed E-state index contributed by atoms with van der Waals surface area (Å²) >= 11 is 0. The number of fused-ring (bicyclic) bond motifs is 9. The molecule has 60 heavy (non-hydrogen) atoms. The fraction of sp³-hybridized carbons (Fsp3) is 0.0741. The molecule has 0 saturated carbocycles. The van der Waals surface area contributed by atoms with Gasteiger partial charge in [-0.15, -0.1) is 0 Å². The summed E-state index contributed by atoms with van der Waals surface area (Å²) in [6, 6.07) is 58.4. The van der Waals surface area contributed by atoms with E-state index in [4.69, 9.17) is 5.73 Å². The van der Waals surface area contributed by atoms with Gasteiger partial charge in [0, 0.05) is 51.0 Å². The summed E-state index contributed by atoms with van der Waals surface area (Å²) in [6.07, 6.45) is 13.0. The Morgan fingerprint density at radius 2 is 1.12 bits per heavy atom. The minimum atomic E-state index is -0.0617. The van der Waals surface area contributed by atoms with Gasteiger partial charge in [0.1, 0.15) is 17.8 Å². The van der Waals surface area contributed by atoms with Crippen molar-refractivity contribution in [3.05, 3.63) is 200 Å². The van der Waals surface area contributed by atoms with Gasteiger partial charge in [0.05, 0.1) is 38.8 Å². The van der Waals surface area contributed by atoms with Gasteiger partial charge in [0.2, 0.25) is 0 Å². The van der Waals surface area contributed by atoms with Gasteiger partial charge in [-0.3, -0.25) is 9.13 Å². The fourth-order valence-electron chi connectivity index (χ4n) is 9.52. The third-order valence-electron chi connectivity index (χ3n) is 12.2. The number of hydrogen-bond donors (Lipinski definition) is 2. The van der Waals surface area contributed by atoms with Gasteiger partial charge in [-0.2, -0.15) is 0 Å². The first kappa shape index (κ1) is 35.5. The summed E-state index contributed by atoms with van der Waals surface area (Å²) in [5, 5.41) is 11.3. The van der Waals surface area contributed by atoms with Gasteiger partial charge in [0.25, 0.3) is 0 Å². The van der Waals surface area contributed by atoms with Gasteiger partial charge in [0.15, 0.2) is 0 Å². The summed E-state index contributed by atoms with van der Waals surface area (Å²) < 4.78 is 7.08. The molecule has 3 N–H and O–H groups in total. The van der Waals surface area contributed by atoms with E-state index in [2.05, 4.69) is 232 Å². The number of para-hydroxylation sites is 5. The first-order chi connectivity index (χ1) is 29.6. The van der Waals surface area contributed by atoms with Crippen LogP contribution in [0.5, 0.6) is 0 Å². The lowest BCUT2D eigenvalue weighted by Crippen LogP contribution is -2.30. The number of allylic oxidation sites excluding steroid dienone is 4. The number of nitrogens with zero attached hydrogens (tertiary/aromatic N) is 4. The van der Waals surface area contributed by atoms with Gasteiger partial charge in [-0.25, -0.2) is 0 Å². The minimum absolute atomic E-state index is 0.0463. The van der Waals surface area contributed by atoms with Crippen LogP contribution in [0.1, 0.15) is 13.1 Å². The molecule has 0 aliphatic carbocycles. The second-order valence-corrected chi connectivity index (χ2v) is 15.7. The Morgan fingerprint density at radius 3 is 1.73 bits per heavy atom. The molecular formula is C54H44N6. The van der Waals surface area contributed by atoms with E-state index in [0.717, 1.165) is 44.7 Å². The van der Waals surface area contributed by atoms with Gasteiger partial charge < -0.3 is 20.5 Å². The van der Waals surface area contributed by atoms with Crippen LogP contribution >= 0.6 is 0 Å². The zero-order valence-corrected chi connectivity index (χ0v) is 33.6. The number of nitrogens with one attached hydrogen (secondary N) is 1. The fourth-order valence-corrected chi connectivity index (χ4v) is 9.52. The molecule has 0 fully saturated rings. The van der Waals surface area contributed by atoms with Crippen molar-refractivity contribution in [1.82, 2.24) is 18.6 Å². The van der Waals surface area contributed by atoms with Crippen molar-refractivity contribution >= 4 is 82.7 Å². The Balaban J connectivity index is 1.04. The lowest BCUT2D eigenvalue weighted by Gasteiger charge is -2.35. The van der Waals surface area contributed by atoms with Crippen molar-refractivity contribution in [2.45, 2.75) is 19.1 Å². The normalized spacial score (nSPS) is 15.4. The van der Waals surface area contributed by atoms with Gasteiger partial charge in [-0.05, 0) is 61.0 Å². The predicted molar refractivity (Wildman–Crippen MR) is 255 cm³/mol. The lowest BCUT2D eigenvalue weighted by atomic mass is 10.00. The Bertz CT molecular complexity index is 3300. The highest BCUT2D eigenvalue weighted by atomic mass is 15.4. The first-order valence-electron chi connectivity index (χ1n) is 20.7. The highest BCUT2D eigenvalue weighted by molar-refractivity contribution is 6.16. The molecule has 290 valence electrons. The van der Waals surface area contributed by atoms with Crippen LogP contribution in [0.4, 0.5) is 5.69 Å². The second kappa shape index (κ2) is 14.3. The van der Waals surface area contributed by atoms with Crippen molar-refractivity contribution in [3.8, 4) is 11.1 Å². The van der Waals surface area contributed by atoms with E-state index in [1.165, 1.54) is 43.4 Å². The molecule has 11 rings (SSSR count). The van der Waals surface area contributed by atoms with Crippen LogP contribution in [0, 0.1) is 0 Å². The van der Waals surface area contributed by atoms with Crippen LogP contribution < -0.4 is 11.1 Å². The van der Waals surface area contributed by atoms with Crippen LogP contribution in [-0.4, -0.2) is 31.7 Å². The van der Waals surface area contributed by atoms with Crippen molar-refractivity contribution in [1.29, 1.82) is 0 Å². The summed E-state index contributed by atoms with van der Waals surface area (Å²) in [7, 11) is 2.22. The van der Waals surface area contributed by atoms with E-state index >= 15 is 0 Å². The summed E-state index contributed by atoms with van der Waals surface area (Å²) in [5.41, 5.74) is 17.1. The average molecular weight is 777 g/mol. The molecule has 0 spiro atoms. The molecule has 6 heteroatoms. The zero-order valence-electron chi connectivity index (χ0n) is 33.6. The third-order valence-corrected chi connectivity index (χ3v) is 12.2. The first-order valence-corrected chi connectivity index (χ1v) is 20.7. The number of benzene rings is 7. The van der Waals surface area contributed by atoms with Crippen molar-refractivity contribution in [3.63, 3.8) is 0 Å². The number of hydrogen-bond acceptors (Lipinski definition) is 3. The molecule has 4 heterocycles. The van der Waals surface area contributed by atoms with Crippen LogP contribution in [0.25, 0.3) is 88.2 Å². The summed E-state index contributed by atoms with van der Waals surface area (Å²) in [6.45, 7) is 2.20. The topological polar surface area (TPSA) is 56.1 Å². The second-order valence-electron chi connectivity index (χ2n) is 15.7. The average Bonchev–Trinajstić information content (AvgIpc) is 3.93. The quantitative estimate of drug-likeness (QED) is 0.151. The van der Waals surface area contributed by atoms with Crippen molar-refractivity contribution in [2.24, 2.45) is 5.73 Å². The standard InChI is InChI=1S/C54H44N6/c1-36(18-16-31-50(55)58-45-26-11-6-21-39(45)40-22-7-12-27-46(40)58)56-53-38(37-19-4-3-5-20-37)34-35-44-43-25-10-15-30-49(43)60(54(44)53)52-33-17-32-51(57(52)2)59-47-28-13-8-23-41(47)42-24-9-14-29-48(42)59/h3-36,51,56H,55H2,1-2H3/b18-16-,50-31+. The van der Waals surface area contributed by atoms with E-state index in [-0.39, 0.29) is 12.2 Å². The maximum Gasteiger partial charge on any atom is 0.127 e. The largest absolute Gasteiger partial charge is 0.385 e. The van der Waals surface area contributed by atoms with Crippen LogP contribution in [0.3, 0.4) is 0 Å². The Morgan fingerprint density at radius 1 is 0.600 bits per heavy atom. The Labute approximate surface area is 348 Å². The number of nitrogens with two attached hydrogens (primary N) is 1. The number of likely N-dealkylation sites (N-methyl/N-ethyl adjacent to an activating group) is 1. The minimum Gasteiger partial charge on any atom is -0.385 e. The van der Waals surface area contributed by atoms with Gasteiger partial charge >= 0.3 is 0 Å². The highest BCUT2D eigenvalue weighted by Crippen LogP contribution is 2.44. The van der Waals surface area contributed by atoms with Gasteiger partial charge in [-0.1, -0.05) is 152 Å². The molecule has 2 atom stereocenters. The molecule has 1 aliphatic rings. The molecule has 0 bridgehead atoms. The maximum absolute atomic E-state index is 6.88. The zero-order chi connectivity index (χ0) is 40.3. The number of aromatic nitrogens is 3. The van der Waals surface area contributed by atoms with Crippen molar-refractivity contribution in [2.75, 3.05) is 12.4 Å². The summed E-state index contributed by atoms with van der Waals surface area (Å²) in [4.78, 5) is 2.41. The van der Waals surface area contributed by atoms with E-state index in [1.54, 1.807) is 0 Å². The van der Waals surface area contributed by atoms with E-state index in [9.17, 15) is 0 Å². The van der Waals surface area contributed by atoms with Crippen LogP contribution in [0.15, 0.2) is 200 Å². The van der Waals surface area contributed by atoms with Crippen molar-refractivity contribution < 1.29 is 0 Å². The molecule has 0 radical (unpaired) electrons. The monoisotopic (exact) mass is 776 g/mol. The molecule has 7 aromatic carbocycles. The molecule has 1 aliphatic heterocycles. The maximum atomic E-state index is 6.88. The van der Waals surface area contributed by atoms with E-state index < -0.39 is 0 Å². The highest BCUT2D eigenvalue weighted by Gasteiger charge is 2.28. The Hall–Kier alpha value is -7.70. The number of anilines is 1. The molecule has 0 amide bonds. The third kappa shape index (κ3) is 5.56. The molecule has 0 saturated heterocycles. The molecule has 3 aromatic heterocycles. The van der Waals surface area contributed by atoms with Crippen LogP contribution in [-0.2, 0) is 0 Å². The van der Waals surface area contributed by atoms with Crippen LogP contribution in [0.2, 0.25) is 0 Å². The molecule has 10 aromatic rings. The molecule has 2 unspecified atom stereocenters. The lowest BCUT2D eigenvalue weighted by molar-refractivity contribution is 0.319. The Kier molecular flexibility index (Phi) is 8.45.